The van der Waals surface area contributed by atoms with Crippen molar-refractivity contribution in [2.75, 3.05) is 27.5 Å². The van der Waals surface area contributed by atoms with E-state index < -0.39 is 0 Å². The molecule has 1 saturated heterocycles. The van der Waals surface area contributed by atoms with E-state index in [0.29, 0.717) is 6.73 Å². The Hall–Kier alpha value is -1.26. The third-order valence-electron chi connectivity index (χ3n) is 2.46. The third kappa shape index (κ3) is 2.22. The Morgan fingerprint density at radius 2 is 1.87 bits per heavy atom. The van der Waals surface area contributed by atoms with Crippen molar-refractivity contribution in [2.24, 2.45) is 0 Å². The molecule has 1 aromatic carbocycles. The summed E-state index contributed by atoms with van der Waals surface area (Å²) in [7, 11) is 3.29. The molecule has 1 aliphatic heterocycles. The summed E-state index contributed by atoms with van der Waals surface area (Å²) >= 11 is 0. The van der Waals surface area contributed by atoms with Crippen molar-refractivity contribution in [1.29, 1.82) is 0 Å². The van der Waals surface area contributed by atoms with E-state index in [9.17, 15) is 0 Å². The van der Waals surface area contributed by atoms with Gasteiger partial charge in [-0.25, -0.2) is 0 Å². The molecule has 0 spiro atoms. The molecular weight excluding hydrogens is 194 g/mol. The van der Waals surface area contributed by atoms with Crippen molar-refractivity contribution < 1.29 is 14.2 Å². The topological polar surface area (TPSA) is 39.7 Å². The standard InChI is InChI=1S/C11H15NO3/c1-13-9-3-8(4-10(5-9)14-2)11-6-12-7-15-11/h3-5,11-12H,6-7H2,1-2H3. The summed E-state index contributed by atoms with van der Waals surface area (Å²) < 4.78 is 15.9. The Bertz CT molecular complexity index is 312. The van der Waals surface area contributed by atoms with E-state index in [1.807, 2.05) is 18.2 Å². The predicted molar refractivity (Wildman–Crippen MR) is 56.2 cm³/mol. The molecule has 2 rings (SSSR count). The van der Waals surface area contributed by atoms with Crippen LogP contribution in [0.25, 0.3) is 0 Å². The highest BCUT2D eigenvalue weighted by Gasteiger charge is 2.18. The van der Waals surface area contributed by atoms with Crippen molar-refractivity contribution in [1.82, 2.24) is 5.32 Å². The van der Waals surface area contributed by atoms with Gasteiger partial charge in [-0.2, -0.15) is 0 Å². The van der Waals surface area contributed by atoms with Gasteiger partial charge in [0.1, 0.15) is 11.5 Å². The molecule has 0 aromatic heterocycles. The van der Waals surface area contributed by atoms with Crippen LogP contribution in [0.2, 0.25) is 0 Å². The fourth-order valence-electron chi connectivity index (χ4n) is 1.64. The van der Waals surface area contributed by atoms with Crippen molar-refractivity contribution >= 4 is 0 Å². The number of hydrogen-bond acceptors (Lipinski definition) is 4. The Morgan fingerprint density at radius 3 is 2.33 bits per heavy atom. The molecule has 1 fully saturated rings. The minimum atomic E-state index is 0.0917. The van der Waals surface area contributed by atoms with Gasteiger partial charge in [-0.1, -0.05) is 0 Å². The summed E-state index contributed by atoms with van der Waals surface area (Å²) in [5, 5.41) is 3.14. The molecule has 0 saturated carbocycles. The van der Waals surface area contributed by atoms with Gasteiger partial charge in [-0.15, -0.1) is 0 Å². The lowest BCUT2D eigenvalue weighted by atomic mass is 10.1. The van der Waals surface area contributed by atoms with Crippen LogP contribution in [0.1, 0.15) is 11.7 Å². The van der Waals surface area contributed by atoms with E-state index in [4.69, 9.17) is 14.2 Å². The monoisotopic (exact) mass is 209 g/mol. The summed E-state index contributed by atoms with van der Waals surface area (Å²) in [6.45, 7) is 1.43. The fraction of sp³-hybridized carbons (Fsp3) is 0.455. The quantitative estimate of drug-likeness (QED) is 0.815. The van der Waals surface area contributed by atoms with Gasteiger partial charge in [0.25, 0.3) is 0 Å². The van der Waals surface area contributed by atoms with Crippen molar-refractivity contribution in [2.45, 2.75) is 6.10 Å². The lowest BCUT2D eigenvalue weighted by molar-refractivity contribution is 0.114. The largest absolute Gasteiger partial charge is 0.497 e. The summed E-state index contributed by atoms with van der Waals surface area (Å²) in [6, 6.07) is 5.80. The van der Waals surface area contributed by atoms with Crippen LogP contribution in [-0.4, -0.2) is 27.5 Å². The predicted octanol–water partition coefficient (Wildman–Crippen LogP) is 1.32. The van der Waals surface area contributed by atoms with Gasteiger partial charge in [0, 0.05) is 12.6 Å². The van der Waals surface area contributed by atoms with Gasteiger partial charge in [0.05, 0.1) is 27.1 Å². The number of rotatable bonds is 3. The Morgan fingerprint density at radius 1 is 1.20 bits per heavy atom. The van der Waals surface area contributed by atoms with Crippen LogP contribution in [0, 0.1) is 0 Å². The third-order valence-corrected chi connectivity index (χ3v) is 2.46. The molecule has 82 valence electrons. The van der Waals surface area contributed by atoms with Crippen LogP contribution in [0.3, 0.4) is 0 Å². The van der Waals surface area contributed by atoms with Gasteiger partial charge in [-0.3, -0.25) is 5.32 Å². The fourth-order valence-corrected chi connectivity index (χ4v) is 1.64. The molecule has 15 heavy (non-hydrogen) atoms. The van der Waals surface area contributed by atoms with Gasteiger partial charge in [-0.05, 0) is 17.7 Å². The summed E-state index contributed by atoms with van der Waals surface area (Å²) in [5.74, 6) is 1.58. The number of methoxy groups -OCH3 is 2. The van der Waals surface area contributed by atoms with E-state index in [-0.39, 0.29) is 6.10 Å². The normalized spacial score (nSPS) is 20.3. The molecule has 1 unspecified atom stereocenters. The van der Waals surface area contributed by atoms with E-state index in [2.05, 4.69) is 5.32 Å². The van der Waals surface area contributed by atoms with E-state index in [0.717, 1.165) is 23.6 Å². The van der Waals surface area contributed by atoms with Crippen molar-refractivity contribution in [3.05, 3.63) is 23.8 Å². The van der Waals surface area contributed by atoms with E-state index in [1.165, 1.54) is 0 Å². The van der Waals surface area contributed by atoms with Crippen LogP contribution < -0.4 is 14.8 Å². The zero-order valence-corrected chi connectivity index (χ0v) is 8.95. The number of hydrogen-bond donors (Lipinski definition) is 1. The first kappa shape index (κ1) is 10.3. The van der Waals surface area contributed by atoms with Crippen LogP contribution in [0.4, 0.5) is 0 Å². The summed E-state index contributed by atoms with van der Waals surface area (Å²) in [4.78, 5) is 0. The summed E-state index contributed by atoms with van der Waals surface area (Å²) in [5.41, 5.74) is 1.08. The van der Waals surface area contributed by atoms with Gasteiger partial charge in [0.2, 0.25) is 0 Å². The highest BCUT2D eigenvalue weighted by Crippen LogP contribution is 2.28. The molecule has 1 aromatic rings. The van der Waals surface area contributed by atoms with Gasteiger partial charge < -0.3 is 14.2 Å². The molecule has 4 nitrogen and oxygen atoms in total. The SMILES string of the molecule is COc1cc(OC)cc(C2CNCO2)c1. The molecule has 0 bridgehead atoms. The average molecular weight is 209 g/mol. The maximum Gasteiger partial charge on any atom is 0.122 e. The smallest absolute Gasteiger partial charge is 0.122 e. The molecule has 1 heterocycles. The molecule has 0 aliphatic carbocycles. The second-order valence-corrected chi connectivity index (χ2v) is 3.40. The van der Waals surface area contributed by atoms with Crippen LogP contribution >= 0.6 is 0 Å². The lowest BCUT2D eigenvalue weighted by Crippen LogP contribution is -2.08. The molecule has 0 radical (unpaired) electrons. The first-order valence-corrected chi connectivity index (χ1v) is 4.89. The Labute approximate surface area is 89.1 Å². The maximum absolute atomic E-state index is 5.52. The number of ether oxygens (including phenoxy) is 3. The average Bonchev–Trinajstić information content (AvgIpc) is 2.81. The van der Waals surface area contributed by atoms with Crippen molar-refractivity contribution in [3.63, 3.8) is 0 Å². The second-order valence-electron chi connectivity index (χ2n) is 3.40. The highest BCUT2D eigenvalue weighted by molar-refractivity contribution is 5.39. The molecule has 1 aliphatic rings. The molecule has 1 atom stereocenters. The minimum absolute atomic E-state index is 0.0917. The molecule has 0 amide bonds. The van der Waals surface area contributed by atoms with E-state index in [1.54, 1.807) is 14.2 Å². The molecular formula is C11H15NO3. The summed E-state index contributed by atoms with van der Waals surface area (Å²) in [6.07, 6.45) is 0.0917. The highest BCUT2D eigenvalue weighted by atomic mass is 16.5. The first-order valence-electron chi connectivity index (χ1n) is 4.89. The van der Waals surface area contributed by atoms with Gasteiger partial charge >= 0.3 is 0 Å². The minimum Gasteiger partial charge on any atom is -0.497 e. The van der Waals surface area contributed by atoms with E-state index >= 15 is 0 Å². The maximum atomic E-state index is 5.52. The zero-order valence-electron chi connectivity index (χ0n) is 8.95. The second kappa shape index (κ2) is 4.51. The first-order chi connectivity index (χ1) is 7.33. The van der Waals surface area contributed by atoms with Crippen LogP contribution in [-0.2, 0) is 4.74 Å². The number of benzene rings is 1. The van der Waals surface area contributed by atoms with Crippen LogP contribution in [0.15, 0.2) is 18.2 Å². The van der Waals surface area contributed by atoms with Crippen LogP contribution in [0.5, 0.6) is 11.5 Å². The zero-order chi connectivity index (χ0) is 10.7. The lowest BCUT2D eigenvalue weighted by Gasteiger charge is -2.12. The molecule has 1 N–H and O–H groups in total. The Kier molecular flexibility index (Phi) is 3.08. The molecule has 4 heteroatoms. The van der Waals surface area contributed by atoms with Crippen molar-refractivity contribution in [3.8, 4) is 11.5 Å². The Balaban J connectivity index is 2.28. The number of nitrogens with one attached hydrogen (secondary N) is 1. The van der Waals surface area contributed by atoms with Gasteiger partial charge in [0.15, 0.2) is 0 Å².